The van der Waals surface area contributed by atoms with E-state index in [1.54, 1.807) is 6.21 Å². The van der Waals surface area contributed by atoms with E-state index >= 15 is 0 Å². The van der Waals surface area contributed by atoms with E-state index in [1.165, 1.54) is 17.8 Å². The van der Waals surface area contributed by atoms with Crippen LogP contribution < -0.4 is 10.5 Å². The highest BCUT2D eigenvalue weighted by atomic mass is 32.2. The van der Waals surface area contributed by atoms with Crippen LogP contribution in [0.3, 0.4) is 0 Å². The summed E-state index contributed by atoms with van der Waals surface area (Å²) >= 11 is 1.40. The van der Waals surface area contributed by atoms with E-state index in [0.717, 1.165) is 28.8 Å². The Hall–Kier alpha value is -3.19. The Morgan fingerprint density at radius 1 is 1.00 bits per heavy atom. The summed E-state index contributed by atoms with van der Waals surface area (Å²) in [6, 6.07) is 20.5. The minimum atomic E-state index is -0.746. The first-order chi connectivity index (χ1) is 14.1. The smallest absolute Gasteiger partial charge is 0.180 e. The monoisotopic (exact) mass is 411 g/mol. The van der Waals surface area contributed by atoms with Gasteiger partial charge < -0.3 is 10.5 Å². The number of rotatable bonds is 7. The minimum Gasteiger partial charge on any atom is -0.486 e. The molecule has 0 bridgehead atoms. The number of benzene rings is 3. The van der Waals surface area contributed by atoms with Gasteiger partial charge in [0.1, 0.15) is 12.4 Å². The second kappa shape index (κ2) is 10.4. The van der Waals surface area contributed by atoms with Gasteiger partial charge in [-0.2, -0.15) is 5.10 Å². The van der Waals surface area contributed by atoms with E-state index in [-0.39, 0.29) is 12.4 Å². The quantitative estimate of drug-likeness (QED) is 0.333. The van der Waals surface area contributed by atoms with Crippen molar-refractivity contribution >= 4 is 23.1 Å². The lowest BCUT2D eigenvalue weighted by Crippen LogP contribution is -2.06. The molecule has 3 aromatic rings. The van der Waals surface area contributed by atoms with E-state index in [0.29, 0.717) is 10.9 Å². The highest BCUT2D eigenvalue weighted by Gasteiger charge is 2.07. The van der Waals surface area contributed by atoms with Crippen LogP contribution in [0.25, 0.3) is 0 Å². The van der Waals surface area contributed by atoms with Gasteiger partial charge in [0.05, 0.1) is 6.21 Å². The van der Waals surface area contributed by atoms with E-state index in [2.05, 4.69) is 10.2 Å². The van der Waals surface area contributed by atoms with Crippen molar-refractivity contribution in [1.82, 2.24) is 0 Å². The summed E-state index contributed by atoms with van der Waals surface area (Å²) in [7, 11) is 0. The Labute approximate surface area is 172 Å². The number of thioether (sulfide) groups is 1. The fourth-order valence-electron chi connectivity index (χ4n) is 2.45. The molecule has 2 N–H and O–H groups in total. The molecule has 3 rings (SSSR count). The number of hydrogen-bond donors (Lipinski definition) is 1. The van der Waals surface area contributed by atoms with Gasteiger partial charge in [-0.15, -0.1) is 5.10 Å². The summed E-state index contributed by atoms with van der Waals surface area (Å²) in [6.45, 7) is 0.104. The standard InChI is InChI=1S/C22H19F2N3OS/c23-19-10-11-21(20(24)12-19)28-14-18-9-5-4-8-17(18)13-26-27-22(25)29-15-16-6-2-1-3-7-16/h1-13H,14-15H2,(H2,25,27). The third-order valence-electron chi connectivity index (χ3n) is 3.91. The summed E-state index contributed by atoms with van der Waals surface area (Å²) in [6.07, 6.45) is 1.57. The number of nitrogens with zero attached hydrogens (tertiary/aromatic N) is 2. The van der Waals surface area contributed by atoms with Crippen LogP contribution in [0.4, 0.5) is 8.78 Å². The normalized spacial score (nSPS) is 11.7. The Morgan fingerprint density at radius 3 is 2.55 bits per heavy atom. The second-order valence-electron chi connectivity index (χ2n) is 6.02. The van der Waals surface area contributed by atoms with Crippen molar-refractivity contribution in [1.29, 1.82) is 0 Å². The first-order valence-corrected chi connectivity index (χ1v) is 9.79. The van der Waals surface area contributed by atoms with Gasteiger partial charge in [0, 0.05) is 17.4 Å². The summed E-state index contributed by atoms with van der Waals surface area (Å²) in [5.41, 5.74) is 8.58. The number of hydrogen-bond acceptors (Lipinski definition) is 4. The van der Waals surface area contributed by atoms with Crippen LogP contribution in [0.15, 0.2) is 83.0 Å². The fourth-order valence-corrected chi connectivity index (χ4v) is 3.06. The molecule has 0 saturated heterocycles. The van der Waals surface area contributed by atoms with Gasteiger partial charge in [-0.05, 0) is 23.3 Å². The van der Waals surface area contributed by atoms with Crippen molar-refractivity contribution in [3.05, 3.63) is 101 Å². The molecule has 0 radical (unpaired) electrons. The number of nitrogens with two attached hydrogens (primary N) is 1. The van der Waals surface area contributed by atoms with Gasteiger partial charge in [0.25, 0.3) is 0 Å². The summed E-state index contributed by atoms with van der Waals surface area (Å²) in [5.74, 6) is -0.705. The SMILES string of the molecule is NC(=NN=Cc1ccccc1COc1ccc(F)cc1F)SCc1ccccc1. The molecule has 0 heterocycles. The molecule has 0 atom stereocenters. The van der Waals surface area contributed by atoms with Gasteiger partial charge >= 0.3 is 0 Å². The maximum absolute atomic E-state index is 13.7. The lowest BCUT2D eigenvalue weighted by Gasteiger charge is -2.09. The molecule has 0 aliphatic heterocycles. The Morgan fingerprint density at radius 2 is 1.76 bits per heavy atom. The highest BCUT2D eigenvalue weighted by molar-refractivity contribution is 8.13. The maximum atomic E-state index is 13.7. The van der Waals surface area contributed by atoms with Crippen molar-refractivity contribution < 1.29 is 13.5 Å². The molecule has 148 valence electrons. The third-order valence-corrected chi connectivity index (χ3v) is 4.77. The van der Waals surface area contributed by atoms with E-state index in [1.807, 2.05) is 54.6 Å². The first-order valence-electron chi connectivity index (χ1n) is 8.81. The van der Waals surface area contributed by atoms with Crippen LogP contribution in [0.1, 0.15) is 16.7 Å². The van der Waals surface area contributed by atoms with Crippen LogP contribution in [0.2, 0.25) is 0 Å². The Bertz CT molecular complexity index is 1010. The molecule has 0 spiro atoms. The lowest BCUT2D eigenvalue weighted by molar-refractivity contribution is 0.289. The zero-order valence-electron chi connectivity index (χ0n) is 15.5. The van der Waals surface area contributed by atoms with E-state index in [4.69, 9.17) is 10.5 Å². The van der Waals surface area contributed by atoms with Crippen molar-refractivity contribution in [3.63, 3.8) is 0 Å². The molecule has 0 aromatic heterocycles. The van der Waals surface area contributed by atoms with Crippen molar-refractivity contribution in [2.75, 3.05) is 0 Å². The predicted molar refractivity (Wildman–Crippen MR) is 114 cm³/mol. The van der Waals surface area contributed by atoms with Crippen molar-refractivity contribution in [3.8, 4) is 5.75 Å². The zero-order valence-corrected chi connectivity index (χ0v) is 16.3. The molecule has 0 amide bonds. The molecular formula is C22H19F2N3OS. The van der Waals surface area contributed by atoms with Crippen LogP contribution in [0.5, 0.6) is 5.75 Å². The summed E-state index contributed by atoms with van der Waals surface area (Å²) in [5, 5.41) is 8.39. The molecule has 7 heteroatoms. The molecule has 0 aliphatic rings. The van der Waals surface area contributed by atoms with E-state index < -0.39 is 11.6 Å². The largest absolute Gasteiger partial charge is 0.486 e. The summed E-state index contributed by atoms with van der Waals surface area (Å²) < 4.78 is 32.2. The first kappa shape index (κ1) is 20.5. The van der Waals surface area contributed by atoms with Gasteiger partial charge in [-0.25, -0.2) is 8.78 Å². The van der Waals surface area contributed by atoms with Crippen LogP contribution in [-0.2, 0) is 12.4 Å². The van der Waals surface area contributed by atoms with Crippen molar-refractivity contribution in [2.45, 2.75) is 12.4 Å². The lowest BCUT2D eigenvalue weighted by atomic mass is 10.1. The Balaban J connectivity index is 1.60. The van der Waals surface area contributed by atoms with Gasteiger partial charge in [0.15, 0.2) is 16.7 Å². The maximum Gasteiger partial charge on any atom is 0.180 e. The molecular weight excluding hydrogens is 392 g/mol. The predicted octanol–water partition coefficient (Wildman–Crippen LogP) is 5.13. The highest BCUT2D eigenvalue weighted by Crippen LogP contribution is 2.20. The number of ether oxygens (including phenoxy) is 1. The van der Waals surface area contributed by atoms with Gasteiger partial charge in [-0.1, -0.05) is 66.4 Å². The molecule has 0 fully saturated rings. The second-order valence-corrected chi connectivity index (χ2v) is 7.01. The van der Waals surface area contributed by atoms with E-state index in [9.17, 15) is 8.78 Å². The average molecular weight is 411 g/mol. The van der Waals surface area contributed by atoms with Crippen molar-refractivity contribution in [2.24, 2.45) is 15.9 Å². The number of halogens is 2. The topological polar surface area (TPSA) is 60.0 Å². The molecule has 4 nitrogen and oxygen atoms in total. The fraction of sp³-hybridized carbons (Fsp3) is 0.0909. The third kappa shape index (κ3) is 6.43. The molecule has 29 heavy (non-hydrogen) atoms. The Kier molecular flexibility index (Phi) is 7.35. The molecule has 3 aromatic carbocycles. The molecule has 0 saturated carbocycles. The summed E-state index contributed by atoms with van der Waals surface area (Å²) in [4.78, 5) is 0. The molecule has 0 aliphatic carbocycles. The van der Waals surface area contributed by atoms with Crippen LogP contribution >= 0.6 is 11.8 Å². The minimum absolute atomic E-state index is 0.0160. The average Bonchev–Trinajstić information content (AvgIpc) is 2.73. The molecule has 0 unspecified atom stereocenters. The van der Waals surface area contributed by atoms with Gasteiger partial charge in [0.2, 0.25) is 0 Å². The van der Waals surface area contributed by atoms with Gasteiger partial charge in [-0.3, -0.25) is 0 Å². The zero-order chi connectivity index (χ0) is 20.5. The van der Waals surface area contributed by atoms with Crippen LogP contribution in [0, 0.1) is 11.6 Å². The number of amidine groups is 1. The van der Waals surface area contributed by atoms with Crippen LogP contribution in [-0.4, -0.2) is 11.4 Å².